The topological polar surface area (TPSA) is 67.7 Å². The normalized spacial score (nSPS) is 10.7. The minimum Gasteiger partial charge on any atom is -0.365 e. The lowest BCUT2D eigenvalue weighted by molar-refractivity contribution is 0.730. The molecule has 0 saturated carbocycles. The van der Waals surface area contributed by atoms with E-state index in [0.29, 0.717) is 12.5 Å². The Morgan fingerprint density at radius 3 is 2.67 bits per heavy atom. The average molecular weight is 353 g/mol. The monoisotopic (exact) mass is 352 g/mol. The summed E-state index contributed by atoms with van der Waals surface area (Å²) in [5.74, 6) is 1.42. The van der Waals surface area contributed by atoms with Crippen LogP contribution in [0, 0.1) is 13.8 Å². The van der Waals surface area contributed by atoms with E-state index in [2.05, 4.69) is 55.5 Å². The summed E-state index contributed by atoms with van der Waals surface area (Å²) in [6, 6.07) is 0. The van der Waals surface area contributed by atoms with Gasteiger partial charge in [-0.15, -0.1) is 0 Å². The maximum absolute atomic E-state index is 4.48. The van der Waals surface area contributed by atoms with Gasteiger partial charge in [-0.3, -0.25) is 4.68 Å². The summed E-state index contributed by atoms with van der Waals surface area (Å²) < 4.78 is 2.75. The van der Waals surface area contributed by atoms with Crippen LogP contribution in [0.3, 0.4) is 0 Å². The highest BCUT2D eigenvalue weighted by Gasteiger charge is 2.11. The quantitative estimate of drug-likeness (QED) is 0.836. The fraction of sp³-hybridized carbons (Fsp3) is 0.500. The van der Waals surface area contributed by atoms with Gasteiger partial charge in [0, 0.05) is 37.6 Å². The molecule has 0 aliphatic carbocycles. The van der Waals surface area contributed by atoms with Gasteiger partial charge in [-0.25, -0.2) is 4.98 Å². The largest absolute Gasteiger partial charge is 0.365 e. The van der Waals surface area contributed by atoms with Crippen molar-refractivity contribution < 1.29 is 0 Å². The Balaban J connectivity index is 2.12. The second kappa shape index (κ2) is 6.89. The van der Waals surface area contributed by atoms with Crippen molar-refractivity contribution in [2.75, 3.05) is 17.2 Å². The fourth-order valence-electron chi connectivity index (χ4n) is 2.06. The molecular weight excluding hydrogens is 332 g/mol. The van der Waals surface area contributed by atoms with Crippen LogP contribution in [0.2, 0.25) is 0 Å². The van der Waals surface area contributed by atoms with Crippen LogP contribution in [-0.2, 0) is 13.6 Å². The fourth-order valence-corrected chi connectivity index (χ4v) is 2.39. The van der Waals surface area contributed by atoms with Crippen LogP contribution in [0.4, 0.5) is 11.8 Å². The van der Waals surface area contributed by atoms with Crippen molar-refractivity contribution >= 4 is 27.7 Å². The van der Waals surface area contributed by atoms with Crippen LogP contribution in [0.25, 0.3) is 0 Å². The Morgan fingerprint density at radius 2 is 2.05 bits per heavy atom. The van der Waals surface area contributed by atoms with E-state index in [9.17, 15) is 0 Å². The van der Waals surface area contributed by atoms with Gasteiger partial charge < -0.3 is 10.6 Å². The molecule has 21 heavy (non-hydrogen) atoms. The van der Waals surface area contributed by atoms with Gasteiger partial charge in [0.25, 0.3) is 0 Å². The van der Waals surface area contributed by atoms with E-state index >= 15 is 0 Å². The van der Waals surface area contributed by atoms with Gasteiger partial charge in [0.15, 0.2) is 0 Å². The predicted octanol–water partition coefficient (Wildman–Crippen LogP) is 3.02. The van der Waals surface area contributed by atoms with Crippen LogP contribution < -0.4 is 10.6 Å². The Hall–Kier alpha value is -1.63. The highest BCUT2D eigenvalue weighted by molar-refractivity contribution is 9.10. The Labute approximate surface area is 133 Å². The van der Waals surface area contributed by atoms with Gasteiger partial charge in [-0.2, -0.15) is 10.1 Å². The lowest BCUT2D eigenvalue weighted by Gasteiger charge is -2.10. The minimum atomic E-state index is 0.641. The number of nitrogens with one attached hydrogen (secondary N) is 2. The molecule has 0 fully saturated rings. The summed E-state index contributed by atoms with van der Waals surface area (Å²) in [5, 5.41) is 11.0. The van der Waals surface area contributed by atoms with Crippen LogP contribution >= 0.6 is 15.9 Å². The summed E-state index contributed by atoms with van der Waals surface area (Å²) in [5.41, 5.74) is 3.40. The van der Waals surface area contributed by atoms with Crippen molar-refractivity contribution in [3.8, 4) is 0 Å². The Bertz CT molecular complexity index is 622. The van der Waals surface area contributed by atoms with E-state index in [-0.39, 0.29) is 0 Å². The number of aromatic nitrogens is 4. The zero-order valence-electron chi connectivity index (χ0n) is 12.9. The van der Waals surface area contributed by atoms with Gasteiger partial charge >= 0.3 is 0 Å². The standard InChI is InChI=1S/C14H21BrN6/c1-5-6-16-14-18-8-12(15)13(19-14)17-7-11-9(2)20-21(4)10(11)3/h8H,5-7H2,1-4H3,(H2,16,17,18,19). The maximum Gasteiger partial charge on any atom is 0.224 e. The summed E-state index contributed by atoms with van der Waals surface area (Å²) in [6.07, 6.45) is 2.80. The molecular formula is C14H21BrN6. The number of aryl methyl sites for hydroxylation is 2. The smallest absolute Gasteiger partial charge is 0.224 e. The summed E-state index contributed by atoms with van der Waals surface area (Å²) in [6.45, 7) is 7.75. The van der Waals surface area contributed by atoms with Gasteiger partial charge in [0.2, 0.25) is 5.95 Å². The number of anilines is 2. The molecule has 2 aromatic rings. The van der Waals surface area contributed by atoms with Crippen molar-refractivity contribution in [1.82, 2.24) is 19.7 Å². The average Bonchev–Trinajstić information content (AvgIpc) is 2.70. The van der Waals surface area contributed by atoms with Crippen molar-refractivity contribution in [2.45, 2.75) is 33.7 Å². The first-order valence-corrected chi connectivity index (χ1v) is 7.81. The summed E-state index contributed by atoms with van der Waals surface area (Å²) in [7, 11) is 1.96. The first-order valence-electron chi connectivity index (χ1n) is 7.02. The minimum absolute atomic E-state index is 0.641. The second-order valence-electron chi connectivity index (χ2n) is 4.94. The van der Waals surface area contributed by atoms with Crippen molar-refractivity contribution in [3.63, 3.8) is 0 Å². The zero-order valence-corrected chi connectivity index (χ0v) is 14.5. The molecule has 7 heteroatoms. The lowest BCUT2D eigenvalue weighted by atomic mass is 10.2. The number of hydrogen-bond donors (Lipinski definition) is 2. The van der Waals surface area contributed by atoms with Gasteiger partial charge in [0.05, 0.1) is 10.2 Å². The molecule has 0 radical (unpaired) electrons. The second-order valence-corrected chi connectivity index (χ2v) is 5.80. The summed E-state index contributed by atoms with van der Waals surface area (Å²) in [4.78, 5) is 8.73. The third-order valence-corrected chi connectivity index (χ3v) is 3.95. The molecule has 2 rings (SSSR count). The number of rotatable bonds is 6. The van der Waals surface area contributed by atoms with E-state index < -0.39 is 0 Å². The molecule has 0 aromatic carbocycles. The molecule has 0 aliphatic heterocycles. The van der Waals surface area contributed by atoms with Gasteiger partial charge in [-0.05, 0) is 36.2 Å². The lowest BCUT2D eigenvalue weighted by Crippen LogP contribution is -2.09. The van der Waals surface area contributed by atoms with E-state index in [4.69, 9.17) is 0 Å². The molecule has 0 unspecified atom stereocenters. The first kappa shape index (κ1) is 15.8. The molecule has 0 amide bonds. The van der Waals surface area contributed by atoms with Crippen LogP contribution in [0.5, 0.6) is 0 Å². The Kier molecular flexibility index (Phi) is 5.17. The van der Waals surface area contributed by atoms with Crippen molar-refractivity contribution in [2.24, 2.45) is 7.05 Å². The SMILES string of the molecule is CCCNc1ncc(Br)c(NCc2c(C)nn(C)c2C)n1. The van der Waals surface area contributed by atoms with Crippen molar-refractivity contribution in [3.05, 3.63) is 27.6 Å². The number of hydrogen-bond acceptors (Lipinski definition) is 5. The molecule has 114 valence electrons. The first-order chi connectivity index (χ1) is 10.0. The van der Waals surface area contributed by atoms with Gasteiger partial charge in [-0.1, -0.05) is 6.92 Å². The van der Waals surface area contributed by atoms with E-state index in [1.165, 1.54) is 5.56 Å². The third-order valence-electron chi connectivity index (χ3n) is 3.37. The van der Waals surface area contributed by atoms with E-state index in [1.54, 1.807) is 6.20 Å². The van der Waals surface area contributed by atoms with Crippen LogP contribution in [0.1, 0.15) is 30.3 Å². The van der Waals surface area contributed by atoms with Crippen LogP contribution in [0.15, 0.2) is 10.7 Å². The zero-order chi connectivity index (χ0) is 15.4. The molecule has 0 aliphatic rings. The molecule has 2 aromatic heterocycles. The predicted molar refractivity (Wildman–Crippen MR) is 88.5 cm³/mol. The van der Waals surface area contributed by atoms with E-state index in [0.717, 1.165) is 34.6 Å². The number of nitrogens with zero attached hydrogens (tertiary/aromatic N) is 4. The molecule has 2 N–H and O–H groups in total. The highest BCUT2D eigenvalue weighted by Crippen LogP contribution is 2.22. The highest BCUT2D eigenvalue weighted by atomic mass is 79.9. The Morgan fingerprint density at radius 1 is 1.29 bits per heavy atom. The molecule has 0 atom stereocenters. The molecule has 0 bridgehead atoms. The summed E-state index contributed by atoms with van der Waals surface area (Å²) >= 11 is 3.48. The van der Waals surface area contributed by atoms with E-state index in [1.807, 2.05) is 18.7 Å². The molecule has 2 heterocycles. The maximum atomic E-state index is 4.48. The van der Waals surface area contributed by atoms with Crippen LogP contribution in [-0.4, -0.2) is 26.3 Å². The molecule has 0 saturated heterocycles. The van der Waals surface area contributed by atoms with Crippen molar-refractivity contribution in [1.29, 1.82) is 0 Å². The third kappa shape index (κ3) is 3.72. The molecule has 6 nitrogen and oxygen atoms in total. The van der Waals surface area contributed by atoms with Gasteiger partial charge in [0.1, 0.15) is 5.82 Å². The molecule has 0 spiro atoms. The number of halogens is 1.